The van der Waals surface area contributed by atoms with Gasteiger partial charge in [-0.1, -0.05) is 0 Å². The Morgan fingerprint density at radius 2 is 1.94 bits per heavy atom. The number of aryl methyl sites for hydroxylation is 3. The summed E-state index contributed by atoms with van der Waals surface area (Å²) in [6.07, 6.45) is 0. The molecule has 0 unspecified atom stereocenters. The van der Waals surface area contributed by atoms with Gasteiger partial charge < -0.3 is 4.74 Å². The predicted octanol–water partition coefficient (Wildman–Crippen LogP) is 0.767. The quantitative estimate of drug-likeness (QED) is 0.664. The first-order chi connectivity index (χ1) is 7.54. The van der Waals surface area contributed by atoms with Gasteiger partial charge in [0.05, 0.1) is 18.5 Å². The summed E-state index contributed by atoms with van der Waals surface area (Å²) in [5, 5.41) is 4.20. The lowest BCUT2D eigenvalue weighted by molar-refractivity contribution is 0.0593. The molecule has 2 heterocycles. The van der Waals surface area contributed by atoms with E-state index >= 15 is 0 Å². The second-order valence-electron chi connectivity index (χ2n) is 3.53. The second-order valence-corrected chi connectivity index (χ2v) is 3.53. The first-order valence-corrected chi connectivity index (χ1v) is 4.81. The lowest BCUT2D eigenvalue weighted by Crippen LogP contribution is -2.09. The zero-order chi connectivity index (χ0) is 11.9. The van der Waals surface area contributed by atoms with E-state index in [0.29, 0.717) is 16.9 Å². The molecule has 16 heavy (non-hydrogen) atoms. The zero-order valence-electron chi connectivity index (χ0n) is 9.61. The number of aromatic nitrogens is 4. The Hall–Kier alpha value is -1.98. The van der Waals surface area contributed by atoms with Gasteiger partial charge >= 0.3 is 5.97 Å². The topological polar surface area (TPSA) is 69.9 Å². The molecule has 0 atom stereocenters. The first kappa shape index (κ1) is 10.5. The van der Waals surface area contributed by atoms with Crippen LogP contribution in [0.1, 0.15) is 21.9 Å². The number of ether oxygens (including phenoxy) is 1. The summed E-state index contributed by atoms with van der Waals surface area (Å²) in [5.74, 6) is -0.477. The molecule has 0 aromatic carbocycles. The monoisotopic (exact) mass is 220 g/mol. The predicted molar refractivity (Wildman–Crippen MR) is 57.1 cm³/mol. The van der Waals surface area contributed by atoms with Crippen LogP contribution in [0.4, 0.5) is 0 Å². The van der Waals surface area contributed by atoms with Crippen molar-refractivity contribution < 1.29 is 9.53 Å². The van der Waals surface area contributed by atoms with Crippen LogP contribution < -0.4 is 0 Å². The maximum absolute atomic E-state index is 11.4. The van der Waals surface area contributed by atoms with E-state index < -0.39 is 5.97 Å². The highest BCUT2D eigenvalue weighted by Gasteiger charge is 2.17. The molecular weight excluding hydrogens is 208 g/mol. The van der Waals surface area contributed by atoms with Crippen molar-refractivity contribution in [3.8, 4) is 0 Å². The first-order valence-electron chi connectivity index (χ1n) is 4.81. The van der Waals surface area contributed by atoms with Gasteiger partial charge in [-0.25, -0.2) is 19.4 Å². The van der Waals surface area contributed by atoms with Gasteiger partial charge in [-0.15, -0.1) is 0 Å². The van der Waals surface area contributed by atoms with Crippen molar-refractivity contribution in [3.05, 3.63) is 17.1 Å². The zero-order valence-corrected chi connectivity index (χ0v) is 9.61. The number of hydrogen-bond donors (Lipinski definition) is 0. The molecule has 84 valence electrons. The fourth-order valence-electron chi connectivity index (χ4n) is 1.59. The molecule has 0 bridgehead atoms. The third-order valence-corrected chi connectivity index (χ3v) is 2.38. The number of carbonyl (C=O) groups excluding carboxylic acids is 1. The van der Waals surface area contributed by atoms with Gasteiger partial charge in [0.25, 0.3) is 0 Å². The van der Waals surface area contributed by atoms with Gasteiger partial charge in [0.1, 0.15) is 5.52 Å². The van der Waals surface area contributed by atoms with Crippen LogP contribution in [0.15, 0.2) is 0 Å². The van der Waals surface area contributed by atoms with Crippen molar-refractivity contribution in [1.29, 1.82) is 0 Å². The van der Waals surface area contributed by atoms with Crippen molar-refractivity contribution in [2.75, 3.05) is 7.11 Å². The van der Waals surface area contributed by atoms with E-state index in [4.69, 9.17) is 0 Å². The summed E-state index contributed by atoms with van der Waals surface area (Å²) >= 11 is 0. The molecule has 0 aliphatic rings. The van der Waals surface area contributed by atoms with E-state index in [-0.39, 0.29) is 5.69 Å². The minimum Gasteiger partial charge on any atom is -0.464 e. The highest BCUT2D eigenvalue weighted by Crippen LogP contribution is 2.15. The molecule has 0 radical (unpaired) electrons. The fraction of sp³-hybridized carbons (Fsp3) is 0.400. The molecule has 2 aromatic rings. The number of fused-ring (bicyclic) bond motifs is 1. The van der Waals surface area contributed by atoms with E-state index in [1.165, 1.54) is 7.11 Å². The molecule has 0 fully saturated rings. The molecule has 0 amide bonds. The number of methoxy groups -OCH3 is 1. The summed E-state index contributed by atoms with van der Waals surface area (Å²) in [6, 6.07) is 0. The van der Waals surface area contributed by atoms with Gasteiger partial charge in [-0.05, 0) is 13.8 Å². The second kappa shape index (κ2) is 3.55. The Morgan fingerprint density at radius 3 is 2.56 bits per heavy atom. The van der Waals surface area contributed by atoms with Gasteiger partial charge in [0.15, 0.2) is 11.3 Å². The van der Waals surface area contributed by atoms with Gasteiger partial charge in [-0.3, -0.25) is 0 Å². The Bertz CT molecular complexity index is 574. The van der Waals surface area contributed by atoms with Crippen LogP contribution >= 0.6 is 0 Å². The lowest BCUT2D eigenvalue weighted by atomic mass is 10.3. The average Bonchev–Trinajstić information content (AvgIpc) is 2.52. The van der Waals surface area contributed by atoms with Gasteiger partial charge in [-0.2, -0.15) is 5.10 Å². The summed E-state index contributed by atoms with van der Waals surface area (Å²) in [4.78, 5) is 20.0. The molecule has 2 rings (SSSR count). The minimum atomic E-state index is -0.477. The number of esters is 1. The summed E-state index contributed by atoms with van der Waals surface area (Å²) in [7, 11) is 3.12. The molecule has 0 aliphatic heterocycles. The van der Waals surface area contributed by atoms with Crippen molar-refractivity contribution in [2.45, 2.75) is 13.8 Å². The van der Waals surface area contributed by atoms with E-state index in [1.54, 1.807) is 18.7 Å². The normalized spacial score (nSPS) is 10.8. The van der Waals surface area contributed by atoms with Gasteiger partial charge in [0.2, 0.25) is 0 Å². The number of hydrogen-bond acceptors (Lipinski definition) is 5. The van der Waals surface area contributed by atoms with Crippen LogP contribution in [-0.4, -0.2) is 32.8 Å². The maximum atomic E-state index is 11.4. The highest BCUT2D eigenvalue weighted by molar-refractivity contribution is 5.90. The largest absolute Gasteiger partial charge is 0.464 e. The molecule has 2 aromatic heterocycles. The summed E-state index contributed by atoms with van der Waals surface area (Å²) in [6.45, 7) is 3.55. The molecule has 0 spiro atoms. The van der Waals surface area contributed by atoms with Gasteiger partial charge in [0, 0.05) is 7.05 Å². The van der Waals surface area contributed by atoms with Crippen molar-refractivity contribution in [1.82, 2.24) is 19.7 Å². The third kappa shape index (κ3) is 1.42. The molecule has 6 heteroatoms. The number of rotatable bonds is 1. The Balaban J connectivity index is 2.75. The lowest BCUT2D eigenvalue weighted by Gasteiger charge is -2.02. The molecule has 0 aliphatic carbocycles. The Kier molecular flexibility index (Phi) is 2.34. The smallest absolute Gasteiger partial charge is 0.358 e. The molecule has 6 nitrogen and oxygen atoms in total. The fourth-order valence-corrected chi connectivity index (χ4v) is 1.59. The standard InChI is InChI=1S/C10H12N4O2/c1-5-8(10(15)16-4)12-7-6(2)13-14(3)9(7)11-5/h1-4H3. The summed E-state index contributed by atoms with van der Waals surface area (Å²) in [5.41, 5.74) is 2.83. The van der Waals surface area contributed by atoms with E-state index in [0.717, 1.165) is 5.69 Å². The molecule has 0 saturated carbocycles. The summed E-state index contributed by atoms with van der Waals surface area (Å²) < 4.78 is 6.29. The van der Waals surface area contributed by atoms with Crippen LogP contribution in [0.5, 0.6) is 0 Å². The Morgan fingerprint density at radius 1 is 1.25 bits per heavy atom. The van der Waals surface area contributed by atoms with E-state index in [1.807, 2.05) is 6.92 Å². The average molecular weight is 220 g/mol. The molecule has 0 saturated heterocycles. The highest BCUT2D eigenvalue weighted by atomic mass is 16.5. The van der Waals surface area contributed by atoms with Crippen molar-refractivity contribution in [2.24, 2.45) is 7.05 Å². The van der Waals surface area contributed by atoms with Crippen LogP contribution in [0.3, 0.4) is 0 Å². The van der Waals surface area contributed by atoms with E-state index in [9.17, 15) is 4.79 Å². The SMILES string of the molecule is COC(=O)c1nc2c(C)nn(C)c2nc1C. The molecule has 0 N–H and O–H groups in total. The van der Waals surface area contributed by atoms with E-state index in [2.05, 4.69) is 19.8 Å². The van der Waals surface area contributed by atoms with Crippen LogP contribution in [0.2, 0.25) is 0 Å². The van der Waals surface area contributed by atoms with Crippen LogP contribution in [-0.2, 0) is 11.8 Å². The number of nitrogens with zero attached hydrogens (tertiary/aromatic N) is 4. The Labute approximate surface area is 92.3 Å². The van der Waals surface area contributed by atoms with Crippen LogP contribution in [0, 0.1) is 13.8 Å². The van der Waals surface area contributed by atoms with Crippen LogP contribution in [0.25, 0.3) is 11.2 Å². The minimum absolute atomic E-state index is 0.242. The van der Waals surface area contributed by atoms with Crippen molar-refractivity contribution in [3.63, 3.8) is 0 Å². The number of carbonyl (C=O) groups is 1. The van der Waals surface area contributed by atoms with Crippen molar-refractivity contribution >= 4 is 17.1 Å². The maximum Gasteiger partial charge on any atom is 0.358 e. The third-order valence-electron chi connectivity index (χ3n) is 2.38. The molecular formula is C10H12N4O2.